The first-order chi connectivity index (χ1) is 7.00. The summed E-state index contributed by atoms with van der Waals surface area (Å²) in [6, 6.07) is 1.30. The van der Waals surface area contributed by atoms with E-state index in [1.54, 1.807) is 7.05 Å². The molecule has 2 aromatic heterocycles. The monoisotopic (exact) mass is 289 g/mol. The number of carbonyl (C=O) groups is 1. The molecule has 0 aliphatic carbocycles. The van der Waals surface area contributed by atoms with Crippen LogP contribution in [-0.4, -0.2) is 25.8 Å². The molecule has 5 nitrogen and oxygen atoms in total. The number of carboxylic acids is 1. The summed E-state index contributed by atoms with van der Waals surface area (Å²) in [5.74, 6) is -1.06. The van der Waals surface area contributed by atoms with Crippen molar-refractivity contribution < 1.29 is 9.90 Å². The molecule has 0 atom stereocenters. The summed E-state index contributed by atoms with van der Waals surface area (Å²) in [5.41, 5.74) is 0.525. The topological polar surface area (TPSA) is 68.0 Å². The Hall–Kier alpha value is -1.14. The Morgan fingerprint density at radius 1 is 1.67 bits per heavy atom. The number of fused-ring (bicyclic) bond motifs is 1. The standard InChI is InChI=1S/C8H5BrClN3O2/c1-13-7-5(6(9)12-13)3(8(14)15)2-4(10)11-7/h2H,1H3,(H,14,15). The lowest BCUT2D eigenvalue weighted by atomic mass is 10.2. The Balaban J connectivity index is 2.96. The molecule has 78 valence electrons. The van der Waals surface area contributed by atoms with Gasteiger partial charge in [-0.2, -0.15) is 5.10 Å². The van der Waals surface area contributed by atoms with E-state index in [0.717, 1.165) is 0 Å². The van der Waals surface area contributed by atoms with Gasteiger partial charge in [-0.3, -0.25) is 0 Å². The number of aryl methyl sites for hydroxylation is 1. The second-order valence-electron chi connectivity index (χ2n) is 2.91. The van der Waals surface area contributed by atoms with Crippen LogP contribution >= 0.6 is 27.5 Å². The maximum atomic E-state index is 11.0. The molecule has 0 radical (unpaired) electrons. The van der Waals surface area contributed by atoms with Gasteiger partial charge in [0.2, 0.25) is 0 Å². The van der Waals surface area contributed by atoms with Gasteiger partial charge in [0, 0.05) is 7.05 Å². The van der Waals surface area contributed by atoms with Crippen LogP contribution in [0.25, 0.3) is 11.0 Å². The third-order valence-electron chi connectivity index (χ3n) is 1.95. The summed E-state index contributed by atoms with van der Waals surface area (Å²) in [4.78, 5) is 15.0. The highest BCUT2D eigenvalue weighted by atomic mass is 79.9. The van der Waals surface area contributed by atoms with Crippen LogP contribution in [0.5, 0.6) is 0 Å². The molecule has 0 saturated carbocycles. The first-order valence-corrected chi connectivity index (χ1v) is 5.10. The SMILES string of the molecule is Cn1nc(Br)c2c(C(=O)O)cc(Cl)nc21. The van der Waals surface area contributed by atoms with Gasteiger partial charge in [0.05, 0.1) is 10.9 Å². The molecule has 2 rings (SSSR count). The molecule has 0 spiro atoms. The summed E-state index contributed by atoms with van der Waals surface area (Å²) in [6.07, 6.45) is 0. The Bertz CT molecular complexity index is 567. The summed E-state index contributed by atoms with van der Waals surface area (Å²) in [7, 11) is 1.67. The molecule has 0 bridgehead atoms. The van der Waals surface area contributed by atoms with E-state index in [1.807, 2.05) is 0 Å². The molecule has 0 saturated heterocycles. The van der Waals surface area contributed by atoms with E-state index in [0.29, 0.717) is 15.6 Å². The lowest BCUT2D eigenvalue weighted by Crippen LogP contribution is -1.99. The zero-order chi connectivity index (χ0) is 11.2. The van der Waals surface area contributed by atoms with Crippen molar-refractivity contribution in [3.63, 3.8) is 0 Å². The molecule has 1 N–H and O–H groups in total. The molecule has 0 unspecified atom stereocenters. The van der Waals surface area contributed by atoms with Crippen molar-refractivity contribution in [2.24, 2.45) is 7.05 Å². The van der Waals surface area contributed by atoms with Crippen LogP contribution in [0.2, 0.25) is 5.15 Å². The minimum Gasteiger partial charge on any atom is -0.478 e. The molecule has 15 heavy (non-hydrogen) atoms. The molecule has 0 fully saturated rings. The fourth-order valence-electron chi connectivity index (χ4n) is 1.34. The third-order valence-corrected chi connectivity index (χ3v) is 2.70. The van der Waals surface area contributed by atoms with Gasteiger partial charge in [-0.15, -0.1) is 0 Å². The Morgan fingerprint density at radius 2 is 2.33 bits per heavy atom. The summed E-state index contributed by atoms with van der Waals surface area (Å²) < 4.78 is 1.92. The highest BCUT2D eigenvalue weighted by Gasteiger charge is 2.17. The van der Waals surface area contributed by atoms with Gasteiger partial charge in [-0.05, 0) is 22.0 Å². The number of pyridine rings is 1. The Labute approximate surface area is 97.8 Å². The predicted octanol–water partition coefficient (Wildman–Crippen LogP) is 2.08. The first kappa shape index (κ1) is 10.4. The second-order valence-corrected chi connectivity index (χ2v) is 4.05. The van der Waals surface area contributed by atoms with Crippen molar-refractivity contribution >= 4 is 44.5 Å². The van der Waals surface area contributed by atoms with E-state index < -0.39 is 5.97 Å². The van der Waals surface area contributed by atoms with E-state index in [1.165, 1.54) is 10.7 Å². The fraction of sp³-hybridized carbons (Fsp3) is 0.125. The number of nitrogens with zero attached hydrogens (tertiary/aromatic N) is 3. The van der Waals surface area contributed by atoms with Crippen LogP contribution in [0, 0.1) is 0 Å². The smallest absolute Gasteiger partial charge is 0.336 e. The molecule has 0 aromatic carbocycles. The molecular formula is C8H5BrClN3O2. The number of aromatic nitrogens is 3. The van der Waals surface area contributed by atoms with Crippen LogP contribution in [0.4, 0.5) is 0 Å². The maximum absolute atomic E-state index is 11.0. The molecule has 0 amide bonds. The predicted molar refractivity (Wildman–Crippen MR) is 58.2 cm³/mol. The number of hydrogen-bond acceptors (Lipinski definition) is 3. The molecule has 2 heterocycles. The second kappa shape index (κ2) is 3.46. The number of rotatable bonds is 1. The minimum absolute atomic E-state index is 0.0879. The normalized spacial score (nSPS) is 10.9. The van der Waals surface area contributed by atoms with Crippen LogP contribution < -0.4 is 0 Å². The van der Waals surface area contributed by atoms with Gasteiger partial charge in [-0.25, -0.2) is 14.5 Å². The average Bonchev–Trinajstić information content (AvgIpc) is 2.41. The van der Waals surface area contributed by atoms with Crippen molar-refractivity contribution in [2.75, 3.05) is 0 Å². The van der Waals surface area contributed by atoms with E-state index in [9.17, 15) is 4.79 Å². The lowest BCUT2D eigenvalue weighted by molar-refractivity contribution is 0.0699. The molecule has 7 heteroatoms. The zero-order valence-electron chi connectivity index (χ0n) is 7.53. The lowest BCUT2D eigenvalue weighted by Gasteiger charge is -1.98. The summed E-state index contributed by atoms with van der Waals surface area (Å²) >= 11 is 8.90. The molecule has 0 aliphatic heterocycles. The van der Waals surface area contributed by atoms with Gasteiger partial charge in [-0.1, -0.05) is 11.6 Å². The van der Waals surface area contributed by atoms with Crippen molar-refractivity contribution in [3.05, 3.63) is 21.4 Å². The third kappa shape index (κ3) is 1.59. The fourth-order valence-corrected chi connectivity index (χ4v) is 2.15. The van der Waals surface area contributed by atoms with Crippen LogP contribution in [0.15, 0.2) is 10.7 Å². The van der Waals surface area contributed by atoms with E-state index in [4.69, 9.17) is 16.7 Å². The van der Waals surface area contributed by atoms with E-state index in [2.05, 4.69) is 26.0 Å². The van der Waals surface area contributed by atoms with Gasteiger partial charge < -0.3 is 5.11 Å². The number of hydrogen-bond donors (Lipinski definition) is 1. The summed E-state index contributed by atoms with van der Waals surface area (Å²) in [5, 5.41) is 13.6. The number of aromatic carboxylic acids is 1. The van der Waals surface area contributed by atoms with Gasteiger partial charge in [0.1, 0.15) is 9.76 Å². The van der Waals surface area contributed by atoms with Crippen molar-refractivity contribution in [3.8, 4) is 0 Å². The Morgan fingerprint density at radius 3 is 2.93 bits per heavy atom. The van der Waals surface area contributed by atoms with E-state index in [-0.39, 0.29) is 10.7 Å². The van der Waals surface area contributed by atoms with Crippen molar-refractivity contribution in [1.82, 2.24) is 14.8 Å². The summed E-state index contributed by atoms with van der Waals surface area (Å²) in [6.45, 7) is 0. The van der Waals surface area contributed by atoms with Crippen LogP contribution in [0.1, 0.15) is 10.4 Å². The van der Waals surface area contributed by atoms with Crippen LogP contribution in [0.3, 0.4) is 0 Å². The number of carboxylic acid groups (broad SMARTS) is 1. The zero-order valence-corrected chi connectivity index (χ0v) is 9.87. The number of halogens is 2. The van der Waals surface area contributed by atoms with Gasteiger partial charge in [0.25, 0.3) is 0 Å². The average molecular weight is 291 g/mol. The highest BCUT2D eigenvalue weighted by molar-refractivity contribution is 9.10. The molecular weight excluding hydrogens is 285 g/mol. The molecule has 2 aromatic rings. The van der Waals surface area contributed by atoms with Gasteiger partial charge >= 0.3 is 5.97 Å². The first-order valence-electron chi connectivity index (χ1n) is 3.92. The maximum Gasteiger partial charge on any atom is 0.336 e. The molecule has 0 aliphatic rings. The minimum atomic E-state index is -1.06. The van der Waals surface area contributed by atoms with Crippen LogP contribution in [-0.2, 0) is 7.05 Å². The van der Waals surface area contributed by atoms with Crippen molar-refractivity contribution in [2.45, 2.75) is 0 Å². The highest BCUT2D eigenvalue weighted by Crippen LogP contribution is 2.27. The van der Waals surface area contributed by atoms with Gasteiger partial charge in [0.15, 0.2) is 5.65 Å². The Kier molecular flexibility index (Phi) is 2.40. The van der Waals surface area contributed by atoms with Crippen molar-refractivity contribution in [1.29, 1.82) is 0 Å². The largest absolute Gasteiger partial charge is 0.478 e. The van der Waals surface area contributed by atoms with E-state index >= 15 is 0 Å². The quantitative estimate of drug-likeness (QED) is 0.817.